The van der Waals surface area contributed by atoms with E-state index in [-0.39, 0.29) is 11.7 Å². The zero-order valence-electron chi connectivity index (χ0n) is 24.5. The number of amides is 1. The van der Waals surface area contributed by atoms with Gasteiger partial charge in [0.05, 0.1) is 19.9 Å². The summed E-state index contributed by atoms with van der Waals surface area (Å²) in [4.78, 5) is 29.1. The van der Waals surface area contributed by atoms with Gasteiger partial charge in [-0.1, -0.05) is 42.5 Å². The number of allylic oxidation sites excluding steroid dienone is 3. The Hall–Kier alpha value is -4.13. The number of nitrogens with zero attached hydrogens (tertiary/aromatic N) is 3. The van der Waals surface area contributed by atoms with Crippen molar-refractivity contribution in [3.8, 4) is 11.5 Å². The van der Waals surface area contributed by atoms with Crippen LogP contribution in [0.25, 0.3) is 5.70 Å². The molecular formula is C35H39N3O4. The lowest BCUT2D eigenvalue weighted by Gasteiger charge is -2.28. The van der Waals surface area contributed by atoms with Crippen LogP contribution >= 0.6 is 0 Å². The van der Waals surface area contributed by atoms with Crippen molar-refractivity contribution in [3.05, 3.63) is 95.3 Å². The lowest BCUT2D eigenvalue weighted by atomic mass is 9.81. The van der Waals surface area contributed by atoms with Crippen LogP contribution in [-0.2, 0) is 6.42 Å². The van der Waals surface area contributed by atoms with Gasteiger partial charge < -0.3 is 14.4 Å². The van der Waals surface area contributed by atoms with Gasteiger partial charge in [-0.05, 0) is 86.6 Å². The number of ether oxygens (including phenoxy) is 2. The van der Waals surface area contributed by atoms with Crippen LogP contribution in [0.3, 0.4) is 0 Å². The number of carbonyl (C=O) groups excluding carboxylic acids is 2. The van der Waals surface area contributed by atoms with E-state index in [1.165, 1.54) is 12.8 Å². The van der Waals surface area contributed by atoms with Crippen molar-refractivity contribution in [1.82, 2.24) is 14.7 Å². The minimum absolute atomic E-state index is 0.0189. The second kappa shape index (κ2) is 12.4. The fourth-order valence-corrected chi connectivity index (χ4v) is 6.57. The molecule has 2 aromatic carbocycles. The van der Waals surface area contributed by atoms with Crippen molar-refractivity contribution < 1.29 is 19.1 Å². The maximum absolute atomic E-state index is 14.0. The molecule has 3 heterocycles. The predicted molar refractivity (Wildman–Crippen MR) is 163 cm³/mol. The number of likely N-dealkylation sites (tertiary alicyclic amines) is 1. The van der Waals surface area contributed by atoms with E-state index in [1.807, 2.05) is 76.3 Å². The van der Waals surface area contributed by atoms with E-state index in [2.05, 4.69) is 6.08 Å². The highest BCUT2D eigenvalue weighted by molar-refractivity contribution is 5.96. The number of hydrogen-bond donors (Lipinski definition) is 0. The van der Waals surface area contributed by atoms with Crippen LogP contribution in [0.1, 0.15) is 70.6 Å². The third-order valence-corrected chi connectivity index (χ3v) is 8.96. The predicted octanol–water partition coefficient (Wildman–Crippen LogP) is 6.44. The number of hydrogen-bond acceptors (Lipinski definition) is 5. The SMILES string of the molecule is COc1ccc(/C2=C/C=C\CCc3cc(C(=O)N4CCCC(CC(=O)c5ccccc5)[C@@H](C5CC5)C4)nn32)cc1OC. The van der Waals surface area contributed by atoms with Crippen LogP contribution in [-0.4, -0.2) is 53.7 Å². The highest BCUT2D eigenvalue weighted by atomic mass is 16.5. The second-order valence-electron chi connectivity index (χ2n) is 11.7. The molecule has 7 nitrogen and oxygen atoms in total. The van der Waals surface area contributed by atoms with Gasteiger partial charge in [-0.2, -0.15) is 5.10 Å². The molecule has 2 aliphatic heterocycles. The standard InChI is InChI=1S/C35H39N3O4/c1-41-33-18-17-27(21-34(33)42-2)31-14-8-4-7-13-28-22-30(36-38(28)31)35(40)37-19-9-12-26(29(23-37)24-15-16-24)20-32(39)25-10-5-3-6-11-25/h3-6,8,10-11,14,17-18,21-22,24,26,29H,7,9,12-13,15-16,19-20,23H2,1-2H3/b8-4-,31-14-/t26?,29-/m1/s1. The number of aromatic nitrogens is 2. The van der Waals surface area contributed by atoms with Crippen LogP contribution in [0.2, 0.25) is 0 Å². The molecule has 218 valence electrons. The van der Waals surface area contributed by atoms with Crippen LogP contribution in [0.15, 0.2) is 72.8 Å². The van der Waals surface area contributed by atoms with E-state index < -0.39 is 0 Å². The normalized spacial score (nSPS) is 22.5. The van der Waals surface area contributed by atoms with Gasteiger partial charge in [-0.15, -0.1) is 0 Å². The van der Waals surface area contributed by atoms with Gasteiger partial charge in [-0.25, -0.2) is 4.68 Å². The van der Waals surface area contributed by atoms with Crippen molar-refractivity contribution in [2.75, 3.05) is 27.3 Å². The minimum atomic E-state index is -0.0189. The molecule has 2 fully saturated rings. The monoisotopic (exact) mass is 565 g/mol. The van der Waals surface area contributed by atoms with Crippen LogP contribution < -0.4 is 9.47 Å². The van der Waals surface area contributed by atoms with Crippen LogP contribution in [0.5, 0.6) is 11.5 Å². The molecule has 0 spiro atoms. The maximum atomic E-state index is 14.0. The summed E-state index contributed by atoms with van der Waals surface area (Å²) in [5.74, 6) is 2.74. The number of rotatable bonds is 8. The van der Waals surface area contributed by atoms with E-state index in [9.17, 15) is 9.59 Å². The molecule has 0 bridgehead atoms. The quantitative estimate of drug-likeness (QED) is 0.294. The van der Waals surface area contributed by atoms with Crippen molar-refractivity contribution in [2.45, 2.75) is 44.9 Å². The molecule has 0 N–H and O–H groups in total. The summed E-state index contributed by atoms with van der Waals surface area (Å²) in [5, 5.41) is 4.90. The molecule has 42 heavy (non-hydrogen) atoms. The Bertz CT molecular complexity index is 1500. The molecule has 1 aliphatic carbocycles. The lowest BCUT2D eigenvalue weighted by molar-refractivity contribution is 0.0715. The number of fused-ring (bicyclic) bond motifs is 1. The Balaban J connectivity index is 1.24. The summed E-state index contributed by atoms with van der Waals surface area (Å²) in [6.45, 7) is 1.39. The maximum Gasteiger partial charge on any atom is 0.274 e. The van der Waals surface area contributed by atoms with Gasteiger partial charge in [0.1, 0.15) is 0 Å². The largest absolute Gasteiger partial charge is 0.493 e. The first kappa shape index (κ1) is 28.0. The summed E-state index contributed by atoms with van der Waals surface area (Å²) in [7, 11) is 3.25. The van der Waals surface area contributed by atoms with Gasteiger partial charge in [-0.3, -0.25) is 9.59 Å². The second-order valence-corrected chi connectivity index (χ2v) is 11.7. The zero-order chi connectivity index (χ0) is 29.1. The van der Waals surface area contributed by atoms with Gasteiger partial charge >= 0.3 is 0 Å². The highest BCUT2D eigenvalue weighted by Crippen LogP contribution is 2.45. The topological polar surface area (TPSA) is 73.7 Å². The Morgan fingerprint density at radius 2 is 1.79 bits per heavy atom. The first-order chi connectivity index (χ1) is 20.6. The van der Waals surface area contributed by atoms with Gasteiger partial charge in [0.25, 0.3) is 5.91 Å². The van der Waals surface area contributed by atoms with Crippen molar-refractivity contribution in [2.24, 2.45) is 17.8 Å². The Morgan fingerprint density at radius 1 is 0.976 bits per heavy atom. The number of methoxy groups -OCH3 is 2. The number of ketones is 1. The average Bonchev–Trinajstić information content (AvgIpc) is 3.81. The minimum Gasteiger partial charge on any atom is -0.493 e. The molecule has 7 heteroatoms. The van der Waals surface area contributed by atoms with E-state index in [4.69, 9.17) is 14.6 Å². The number of Topliss-reactive ketones (excluding diaryl/α,β-unsaturated/α-hetero) is 1. The summed E-state index contributed by atoms with van der Waals surface area (Å²) in [6, 6.07) is 17.4. The van der Waals surface area contributed by atoms with Crippen molar-refractivity contribution in [3.63, 3.8) is 0 Å². The fraction of sp³-hybridized carbons (Fsp3) is 0.400. The van der Waals surface area contributed by atoms with E-state index >= 15 is 0 Å². The summed E-state index contributed by atoms with van der Waals surface area (Å²) >= 11 is 0. The van der Waals surface area contributed by atoms with Gasteiger partial charge in [0.15, 0.2) is 23.0 Å². The fourth-order valence-electron chi connectivity index (χ4n) is 6.57. The number of benzene rings is 2. The molecule has 1 amide bonds. The molecule has 2 atom stereocenters. The molecule has 1 unspecified atom stereocenters. The smallest absolute Gasteiger partial charge is 0.274 e. The lowest BCUT2D eigenvalue weighted by Crippen LogP contribution is -2.37. The van der Waals surface area contributed by atoms with Crippen LogP contribution in [0.4, 0.5) is 0 Å². The van der Waals surface area contributed by atoms with Gasteiger partial charge in [0, 0.05) is 36.3 Å². The first-order valence-electron chi connectivity index (χ1n) is 15.1. The summed E-state index contributed by atoms with van der Waals surface area (Å²) in [6.07, 6.45) is 12.7. The van der Waals surface area contributed by atoms with E-state index in [0.717, 1.165) is 48.2 Å². The van der Waals surface area contributed by atoms with Crippen LogP contribution in [0, 0.1) is 17.8 Å². The molecule has 1 aromatic heterocycles. The molecule has 3 aliphatic rings. The Labute approximate surface area is 247 Å². The molecule has 6 rings (SSSR count). The molecule has 1 saturated carbocycles. The highest BCUT2D eigenvalue weighted by Gasteiger charge is 2.40. The summed E-state index contributed by atoms with van der Waals surface area (Å²) < 4.78 is 12.9. The third kappa shape index (κ3) is 5.91. The van der Waals surface area contributed by atoms with Crippen molar-refractivity contribution >= 4 is 17.4 Å². The molecule has 0 radical (unpaired) electrons. The Kier molecular flexibility index (Phi) is 8.27. The average molecular weight is 566 g/mol. The molecular weight excluding hydrogens is 526 g/mol. The van der Waals surface area contributed by atoms with E-state index in [1.54, 1.807) is 14.2 Å². The zero-order valence-corrected chi connectivity index (χ0v) is 24.5. The summed E-state index contributed by atoms with van der Waals surface area (Å²) in [5.41, 5.74) is 4.08. The van der Waals surface area contributed by atoms with Gasteiger partial charge in [0.2, 0.25) is 0 Å². The Morgan fingerprint density at radius 3 is 2.55 bits per heavy atom. The third-order valence-electron chi connectivity index (χ3n) is 8.96. The molecule has 1 saturated heterocycles. The van der Waals surface area contributed by atoms with E-state index in [0.29, 0.717) is 54.5 Å². The number of aryl methyl sites for hydroxylation is 1. The van der Waals surface area contributed by atoms with Crippen molar-refractivity contribution in [1.29, 1.82) is 0 Å². The molecule has 3 aromatic rings. The first-order valence-corrected chi connectivity index (χ1v) is 15.1. The number of carbonyl (C=O) groups is 2.